The number of nitrogens with one attached hydrogen (secondary N) is 1. The number of hydrogen-bond donors (Lipinski definition) is 2. The maximum Gasteiger partial charge on any atom is 0.255 e. The third kappa shape index (κ3) is 3.61. The number of carbonyl (C=O) groups is 3. The maximum atomic E-state index is 13.0. The van der Waals surface area contributed by atoms with Gasteiger partial charge in [-0.3, -0.25) is 19.7 Å². The monoisotopic (exact) mass is 392 g/mol. The smallest absolute Gasteiger partial charge is 0.255 e. The van der Waals surface area contributed by atoms with E-state index < -0.39 is 6.04 Å². The molecule has 2 heterocycles. The first-order valence-corrected chi connectivity index (χ1v) is 9.73. The van der Waals surface area contributed by atoms with Gasteiger partial charge in [0, 0.05) is 44.4 Å². The Morgan fingerprint density at radius 2 is 1.97 bits per heavy atom. The molecule has 1 saturated heterocycles. The highest BCUT2D eigenvalue weighted by atomic mass is 16.2. The number of amides is 3. The van der Waals surface area contributed by atoms with Crippen LogP contribution in [0.4, 0.5) is 5.69 Å². The van der Waals surface area contributed by atoms with Gasteiger partial charge in [-0.15, -0.1) is 0 Å². The van der Waals surface area contributed by atoms with Crippen LogP contribution < -0.4 is 16.0 Å². The van der Waals surface area contributed by atoms with Gasteiger partial charge in [0.25, 0.3) is 5.91 Å². The minimum Gasteiger partial charge on any atom is -0.370 e. The Morgan fingerprint density at radius 1 is 1.17 bits per heavy atom. The predicted octanol–water partition coefficient (Wildman–Crippen LogP) is 1.54. The molecule has 7 nitrogen and oxygen atoms in total. The van der Waals surface area contributed by atoms with Crippen LogP contribution >= 0.6 is 0 Å². The predicted molar refractivity (Wildman–Crippen MR) is 109 cm³/mol. The first-order chi connectivity index (χ1) is 14.0. The summed E-state index contributed by atoms with van der Waals surface area (Å²) in [4.78, 5) is 40.2. The molecule has 2 aliphatic rings. The summed E-state index contributed by atoms with van der Waals surface area (Å²) in [6.07, 6.45) is 0.628. The first kappa shape index (κ1) is 19.1. The highest BCUT2D eigenvalue weighted by Gasteiger charge is 2.39. The van der Waals surface area contributed by atoms with Gasteiger partial charge in [-0.2, -0.15) is 0 Å². The largest absolute Gasteiger partial charge is 0.370 e. The van der Waals surface area contributed by atoms with Crippen LogP contribution in [-0.4, -0.2) is 35.7 Å². The van der Waals surface area contributed by atoms with E-state index in [4.69, 9.17) is 5.73 Å². The molecular formula is C22H24N4O3. The fourth-order valence-corrected chi connectivity index (χ4v) is 4.12. The molecule has 0 aliphatic carbocycles. The van der Waals surface area contributed by atoms with Crippen molar-refractivity contribution in [1.29, 1.82) is 0 Å². The van der Waals surface area contributed by atoms with E-state index >= 15 is 0 Å². The van der Waals surface area contributed by atoms with E-state index in [0.29, 0.717) is 31.6 Å². The molecule has 0 radical (unpaired) electrons. The number of carbonyl (C=O) groups excluding carboxylic acids is 3. The first-order valence-electron chi connectivity index (χ1n) is 9.73. The Morgan fingerprint density at radius 3 is 2.72 bits per heavy atom. The number of hydrogen-bond acceptors (Lipinski definition) is 5. The molecule has 0 aromatic heterocycles. The molecule has 1 unspecified atom stereocenters. The summed E-state index contributed by atoms with van der Waals surface area (Å²) in [5.41, 5.74) is 10.5. The Hall–Kier alpha value is -3.19. The minimum absolute atomic E-state index is 0.152. The van der Waals surface area contributed by atoms with Crippen LogP contribution in [0.5, 0.6) is 0 Å². The Labute approximate surface area is 169 Å². The number of nitrogens with zero attached hydrogens (tertiary/aromatic N) is 2. The lowest BCUT2D eigenvalue weighted by molar-refractivity contribution is -0.136. The van der Waals surface area contributed by atoms with Crippen molar-refractivity contribution in [2.24, 2.45) is 5.73 Å². The number of fused-ring (bicyclic) bond motifs is 1. The summed E-state index contributed by atoms with van der Waals surface area (Å²) < 4.78 is 0. The van der Waals surface area contributed by atoms with Gasteiger partial charge in [0.05, 0.1) is 0 Å². The molecule has 1 fully saturated rings. The van der Waals surface area contributed by atoms with Crippen LogP contribution in [0.2, 0.25) is 0 Å². The molecule has 3 amide bonds. The van der Waals surface area contributed by atoms with E-state index in [1.807, 2.05) is 49.5 Å². The number of piperidine rings is 1. The van der Waals surface area contributed by atoms with Crippen LogP contribution in [-0.2, 0) is 29.2 Å². The zero-order valence-electron chi connectivity index (χ0n) is 16.4. The second-order valence-corrected chi connectivity index (χ2v) is 7.58. The summed E-state index contributed by atoms with van der Waals surface area (Å²) in [7, 11) is 2.00. The molecule has 29 heavy (non-hydrogen) atoms. The average Bonchev–Trinajstić information content (AvgIpc) is 3.04. The Bertz CT molecular complexity index is 988. The summed E-state index contributed by atoms with van der Waals surface area (Å²) in [6, 6.07) is 13.3. The summed E-state index contributed by atoms with van der Waals surface area (Å²) in [6.45, 7) is 1.49. The molecule has 0 spiro atoms. The standard InChI is InChI=1S/C22H24N4O3/c1-25(18-5-3-2-4-15(18)11-23)12-14-6-7-16-13-26(22(29)17(16)10-14)19-8-9-20(27)24-21(19)28/h2-7,10,19H,8-9,11-13,23H2,1H3,(H,24,27,28). The van der Waals surface area contributed by atoms with Crippen molar-refractivity contribution in [1.82, 2.24) is 10.2 Å². The van der Waals surface area contributed by atoms with Crippen molar-refractivity contribution in [3.8, 4) is 0 Å². The number of para-hydroxylation sites is 1. The number of imide groups is 1. The molecule has 1 atom stereocenters. The van der Waals surface area contributed by atoms with E-state index in [1.165, 1.54) is 0 Å². The van der Waals surface area contributed by atoms with Gasteiger partial charge in [-0.1, -0.05) is 30.3 Å². The van der Waals surface area contributed by atoms with E-state index in [1.54, 1.807) is 4.90 Å². The number of nitrogens with two attached hydrogens (primary N) is 1. The van der Waals surface area contributed by atoms with Crippen LogP contribution in [0, 0.1) is 0 Å². The summed E-state index contributed by atoms with van der Waals surface area (Å²) in [5, 5.41) is 2.33. The van der Waals surface area contributed by atoms with Crippen molar-refractivity contribution < 1.29 is 14.4 Å². The molecular weight excluding hydrogens is 368 g/mol. The van der Waals surface area contributed by atoms with E-state index in [2.05, 4.69) is 10.2 Å². The van der Waals surface area contributed by atoms with Crippen molar-refractivity contribution in [2.75, 3.05) is 11.9 Å². The second kappa shape index (κ2) is 7.67. The van der Waals surface area contributed by atoms with Gasteiger partial charge in [0.1, 0.15) is 6.04 Å². The highest BCUT2D eigenvalue weighted by molar-refractivity contribution is 6.05. The lowest BCUT2D eigenvalue weighted by atomic mass is 10.0. The molecule has 0 bridgehead atoms. The second-order valence-electron chi connectivity index (χ2n) is 7.58. The molecule has 2 aromatic rings. The fourth-order valence-electron chi connectivity index (χ4n) is 4.12. The Balaban J connectivity index is 1.52. The third-order valence-electron chi connectivity index (χ3n) is 5.64. The van der Waals surface area contributed by atoms with Crippen molar-refractivity contribution in [2.45, 2.75) is 38.5 Å². The molecule has 3 N–H and O–H groups in total. The summed E-state index contributed by atoms with van der Waals surface area (Å²) >= 11 is 0. The van der Waals surface area contributed by atoms with Gasteiger partial charge < -0.3 is 15.5 Å². The quantitative estimate of drug-likeness (QED) is 0.753. The van der Waals surface area contributed by atoms with Crippen molar-refractivity contribution in [3.63, 3.8) is 0 Å². The molecule has 0 saturated carbocycles. The topological polar surface area (TPSA) is 95.7 Å². The SMILES string of the molecule is CN(Cc1ccc2c(c1)C(=O)N(C1CCC(=O)NC1=O)C2)c1ccccc1CN. The normalized spacial score (nSPS) is 18.6. The fraction of sp³-hybridized carbons (Fsp3) is 0.318. The zero-order valence-corrected chi connectivity index (χ0v) is 16.4. The van der Waals surface area contributed by atoms with Gasteiger partial charge >= 0.3 is 0 Å². The van der Waals surface area contributed by atoms with Crippen molar-refractivity contribution >= 4 is 23.4 Å². The van der Waals surface area contributed by atoms with Crippen LogP contribution in [0.15, 0.2) is 42.5 Å². The van der Waals surface area contributed by atoms with E-state index in [-0.39, 0.29) is 24.1 Å². The molecule has 7 heteroatoms. The van der Waals surface area contributed by atoms with E-state index in [9.17, 15) is 14.4 Å². The molecule has 4 rings (SSSR count). The average molecular weight is 392 g/mol. The number of rotatable bonds is 5. The van der Waals surface area contributed by atoms with Gasteiger partial charge in [-0.05, 0) is 35.2 Å². The highest BCUT2D eigenvalue weighted by Crippen LogP contribution is 2.29. The third-order valence-corrected chi connectivity index (χ3v) is 5.64. The van der Waals surface area contributed by atoms with Gasteiger partial charge in [0.15, 0.2) is 0 Å². The maximum absolute atomic E-state index is 13.0. The summed E-state index contributed by atoms with van der Waals surface area (Å²) in [5.74, 6) is -0.819. The van der Waals surface area contributed by atoms with Gasteiger partial charge in [-0.25, -0.2) is 0 Å². The number of benzene rings is 2. The molecule has 2 aliphatic heterocycles. The number of anilines is 1. The molecule has 150 valence electrons. The van der Waals surface area contributed by atoms with Crippen LogP contribution in [0.25, 0.3) is 0 Å². The van der Waals surface area contributed by atoms with E-state index in [0.717, 1.165) is 22.4 Å². The minimum atomic E-state index is -0.588. The lowest BCUT2D eigenvalue weighted by Gasteiger charge is -2.29. The van der Waals surface area contributed by atoms with Gasteiger partial charge in [0.2, 0.25) is 11.8 Å². The van der Waals surface area contributed by atoms with Crippen molar-refractivity contribution in [3.05, 3.63) is 64.7 Å². The molecule has 2 aromatic carbocycles. The Kier molecular flexibility index (Phi) is 5.07. The zero-order chi connectivity index (χ0) is 20.5. The lowest BCUT2D eigenvalue weighted by Crippen LogP contribution is -2.52. The van der Waals surface area contributed by atoms with Crippen LogP contribution in [0.1, 0.15) is 39.9 Å². The van der Waals surface area contributed by atoms with Crippen LogP contribution in [0.3, 0.4) is 0 Å².